The van der Waals surface area contributed by atoms with Gasteiger partial charge in [-0.05, 0) is 5.75 Å². The summed E-state index contributed by atoms with van der Waals surface area (Å²) >= 11 is 1.41. The molecule has 0 radical (unpaired) electrons. The Morgan fingerprint density at radius 2 is 2.00 bits per heavy atom. The van der Waals surface area contributed by atoms with Crippen molar-refractivity contribution in [2.75, 3.05) is 12.4 Å². The summed E-state index contributed by atoms with van der Waals surface area (Å²) in [7, 11) is 0. The summed E-state index contributed by atoms with van der Waals surface area (Å²) in [6, 6.07) is -0.759. The molecule has 0 bridgehead atoms. The zero-order valence-electron chi connectivity index (χ0n) is 8.04. The highest BCUT2D eigenvalue weighted by Gasteiger charge is 2.42. The van der Waals surface area contributed by atoms with E-state index in [4.69, 9.17) is 15.6 Å². The Hall–Kier alpha value is 0.150. The van der Waals surface area contributed by atoms with Gasteiger partial charge in [0.05, 0.1) is 12.6 Å². The Kier molecular flexibility index (Phi) is 4.62. The van der Waals surface area contributed by atoms with Gasteiger partial charge in [0.1, 0.15) is 23.7 Å². The Labute approximate surface area is 87.2 Å². The van der Waals surface area contributed by atoms with Gasteiger partial charge < -0.3 is 25.8 Å². The predicted octanol–water partition coefficient (Wildman–Crippen LogP) is -1.49. The van der Waals surface area contributed by atoms with Crippen molar-refractivity contribution in [1.82, 2.24) is 0 Å². The number of nitrogens with two attached hydrogens (primary N) is 1. The fourth-order valence-corrected chi connectivity index (χ4v) is 2.35. The first-order chi connectivity index (χ1) is 6.61. The van der Waals surface area contributed by atoms with Crippen LogP contribution in [0.4, 0.5) is 0 Å². The van der Waals surface area contributed by atoms with Crippen molar-refractivity contribution < 1.29 is 20.1 Å². The van der Waals surface area contributed by atoms with E-state index in [1.54, 1.807) is 0 Å². The van der Waals surface area contributed by atoms with Gasteiger partial charge in [-0.2, -0.15) is 0 Å². The molecule has 1 rings (SSSR count). The standard InChI is InChI=1S/C8H17NO4S/c1-2-14-8-7(12)5(9)6(11)4(3-10)13-8/h4-8,10-12H,2-3,9H2,1H3/t4-,5+,6-,7+,8?/m1/s1. The molecule has 0 aromatic rings. The molecule has 0 aromatic carbocycles. The molecule has 1 aliphatic rings. The first kappa shape index (κ1) is 12.2. The molecular formula is C8H17NO4S. The lowest BCUT2D eigenvalue weighted by molar-refractivity contribution is -0.159. The SMILES string of the molecule is CCSC1O[C@H](CO)[C@@H](O)[C@H](N)[C@@H]1O. The van der Waals surface area contributed by atoms with Crippen LogP contribution in [-0.4, -0.2) is 57.5 Å². The molecule has 5 N–H and O–H groups in total. The molecule has 0 aliphatic carbocycles. The van der Waals surface area contributed by atoms with Crippen LogP contribution in [-0.2, 0) is 4.74 Å². The van der Waals surface area contributed by atoms with Crippen LogP contribution >= 0.6 is 11.8 Å². The zero-order valence-corrected chi connectivity index (χ0v) is 8.85. The fourth-order valence-electron chi connectivity index (χ4n) is 1.42. The van der Waals surface area contributed by atoms with Crippen molar-refractivity contribution in [2.24, 2.45) is 5.73 Å². The van der Waals surface area contributed by atoms with Gasteiger partial charge in [0.25, 0.3) is 0 Å². The molecule has 1 saturated heterocycles. The van der Waals surface area contributed by atoms with Gasteiger partial charge in [-0.15, -0.1) is 11.8 Å². The third-order valence-corrected chi connectivity index (χ3v) is 3.32. The number of thioether (sulfide) groups is 1. The summed E-state index contributed by atoms with van der Waals surface area (Å²) in [5.74, 6) is 0.780. The van der Waals surface area contributed by atoms with Crippen LogP contribution in [0, 0.1) is 0 Å². The minimum Gasteiger partial charge on any atom is -0.394 e. The average Bonchev–Trinajstić information content (AvgIpc) is 2.19. The van der Waals surface area contributed by atoms with Gasteiger partial charge in [0, 0.05) is 0 Å². The fraction of sp³-hybridized carbons (Fsp3) is 1.00. The van der Waals surface area contributed by atoms with Crippen LogP contribution in [0.25, 0.3) is 0 Å². The maximum absolute atomic E-state index is 9.64. The van der Waals surface area contributed by atoms with E-state index in [9.17, 15) is 10.2 Å². The van der Waals surface area contributed by atoms with E-state index in [1.165, 1.54) is 11.8 Å². The highest BCUT2D eigenvalue weighted by Crippen LogP contribution is 2.27. The Balaban J connectivity index is 2.63. The van der Waals surface area contributed by atoms with E-state index in [0.717, 1.165) is 5.75 Å². The number of hydrogen-bond donors (Lipinski definition) is 4. The highest BCUT2D eigenvalue weighted by atomic mass is 32.2. The maximum Gasteiger partial charge on any atom is 0.131 e. The lowest BCUT2D eigenvalue weighted by Crippen LogP contribution is -2.61. The van der Waals surface area contributed by atoms with Gasteiger partial charge >= 0.3 is 0 Å². The van der Waals surface area contributed by atoms with Gasteiger partial charge in [-0.3, -0.25) is 0 Å². The second kappa shape index (κ2) is 5.29. The molecular weight excluding hydrogens is 206 g/mol. The van der Waals surface area contributed by atoms with Crippen molar-refractivity contribution in [3.05, 3.63) is 0 Å². The topological polar surface area (TPSA) is 95.9 Å². The van der Waals surface area contributed by atoms with Gasteiger partial charge in [-0.25, -0.2) is 0 Å². The Bertz CT molecular complexity index is 179. The number of aliphatic hydroxyl groups excluding tert-OH is 3. The summed E-state index contributed by atoms with van der Waals surface area (Å²) < 4.78 is 5.30. The molecule has 0 saturated carbocycles. The zero-order chi connectivity index (χ0) is 10.7. The minimum absolute atomic E-state index is 0.289. The smallest absolute Gasteiger partial charge is 0.131 e. The average molecular weight is 223 g/mol. The summed E-state index contributed by atoms with van der Waals surface area (Å²) in [6.07, 6.45) is -2.60. The van der Waals surface area contributed by atoms with Gasteiger partial charge in [0.2, 0.25) is 0 Å². The lowest BCUT2D eigenvalue weighted by atomic mass is 9.98. The van der Waals surface area contributed by atoms with Crippen molar-refractivity contribution in [3.8, 4) is 0 Å². The van der Waals surface area contributed by atoms with Crippen LogP contribution in [0.3, 0.4) is 0 Å². The minimum atomic E-state index is -1.01. The summed E-state index contributed by atoms with van der Waals surface area (Å²) in [6.45, 7) is 1.65. The van der Waals surface area contributed by atoms with Crippen molar-refractivity contribution in [3.63, 3.8) is 0 Å². The molecule has 0 amide bonds. The normalized spacial score (nSPS) is 43.9. The monoisotopic (exact) mass is 223 g/mol. The molecule has 1 aliphatic heterocycles. The molecule has 14 heavy (non-hydrogen) atoms. The highest BCUT2D eigenvalue weighted by molar-refractivity contribution is 7.99. The summed E-state index contributed by atoms with van der Waals surface area (Å²) in [5.41, 5.74) is 5.14. The molecule has 5 atom stereocenters. The van der Waals surface area contributed by atoms with Crippen LogP contribution < -0.4 is 5.73 Å². The Morgan fingerprint density at radius 1 is 1.36 bits per heavy atom. The van der Waals surface area contributed by atoms with E-state index in [1.807, 2.05) is 6.92 Å². The lowest BCUT2D eigenvalue weighted by Gasteiger charge is -2.40. The van der Waals surface area contributed by atoms with Crippen LogP contribution in [0.5, 0.6) is 0 Å². The van der Waals surface area contributed by atoms with E-state index in [2.05, 4.69) is 0 Å². The predicted molar refractivity (Wildman–Crippen MR) is 53.9 cm³/mol. The van der Waals surface area contributed by atoms with E-state index >= 15 is 0 Å². The number of rotatable bonds is 3. The molecule has 5 nitrogen and oxygen atoms in total. The quantitative estimate of drug-likeness (QED) is 0.465. The second-order valence-electron chi connectivity index (χ2n) is 3.24. The van der Waals surface area contributed by atoms with Crippen LogP contribution in [0.2, 0.25) is 0 Å². The number of aliphatic hydroxyl groups is 3. The third-order valence-electron chi connectivity index (χ3n) is 2.27. The summed E-state index contributed by atoms with van der Waals surface area (Å²) in [5, 5.41) is 28.1. The van der Waals surface area contributed by atoms with Crippen LogP contribution in [0.15, 0.2) is 0 Å². The molecule has 84 valence electrons. The summed E-state index contributed by atoms with van der Waals surface area (Å²) in [4.78, 5) is 0. The van der Waals surface area contributed by atoms with Crippen LogP contribution in [0.1, 0.15) is 6.92 Å². The third kappa shape index (κ3) is 2.39. The molecule has 6 heteroatoms. The number of hydrogen-bond acceptors (Lipinski definition) is 6. The molecule has 1 unspecified atom stereocenters. The molecule has 0 aromatic heterocycles. The second-order valence-corrected chi connectivity index (χ2v) is 4.61. The largest absolute Gasteiger partial charge is 0.394 e. The van der Waals surface area contributed by atoms with Gasteiger partial charge in [0.15, 0.2) is 0 Å². The number of ether oxygens (including phenoxy) is 1. The van der Waals surface area contributed by atoms with E-state index in [-0.39, 0.29) is 6.61 Å². The Morgan fingerprint density at radius 3 is 2.50 bits per heavy atom. The maximum atomic E-state index is 9.64. The van der Waals surface area contributed by atoms with Crippen molar-refractivity contribution in [2.45, 2.75) is 36.7 Å². The first-order valence-corrected chi connectivity index (χ1v) is 5.66. The molecule has 1 heterocycles. The molecule has 1 fully saturated rings. The first-order valence-electron chi connectivity index (χ1n) is 4.61. The van der Waals surface area contributed by atoms with Crippen molar-refractivity contribution >= 4 is 11.8 Å². The van der Waals surface area contributed by atoms with Gasteiger partial charge in [-0.1, -0.05) is 6.92 Å². The van der Waals surface area contributed by atoms with E-state index < -0.39 is 29.8 Å². The van der Waals surface area contributed by atoms with Crippen molar-refractivity contribution in [1.29, 1.82) is 0 Å². The molecule has 0 spiro atoms. The van der Waals surface area contributed by atoms with E-state index in [0.29, 0.717) is 0 Å².